The molecule has 2 aromatic carbocycles. The molecule has 1 saturated heterocycles. The Kier molecular flexibility index (Phi) is 6.32. The number of rotatable bonds is 6. The zero-order valence-electron chi connectivity index (χ0n) is 16.6. The molecule has 150 valence electrons. The van der Waals surface area contributed by atoms with Gasteiger partial charge in [0.2, 0.25) is 5.91 Å². The molecule has 3 aromatic rings. The number of aromatic nitrogens is 2. The highest BCUT2D eigenvalue weighted by Gasteiger charge is 2.25. The number of hydrogen-bond acceptors (Lipinski definition) is 4. The van der Waals surface area contributed by atoms with Gasteiger partial charge in [0, 0.05) is 29.9 Å². The summed E-state index contributed by atoms with van der Waals surface area (Å²) >= 11 is 1.76. The van der Waals surface area contributed by atoms with Crippen LogP contribution in [0.2, 0.25) is 0 Å². The molecule has 0 bridgehead atoms. The minimum atomic E-state index is 0.0292. The number of carbonyl (C=O) groups excluding carboxylic acids is 1. The van der Waals surface area contributed by atoms with Crippen LogP contribution in [0, 0.1) is 5.92 Å². The first-order valence-corrected chi connectivity index (χ1v) is 11.2. The number of carbonyl (C=O) groups is 1. The maximum Gasteiger partial charge on any atom is 0.228 e. The lowest BCUT2D eigenvalue weighted by Crippen LogP contribution is -2.40. The molecule has 4 rings (SSSR count). The number of nitrogens with one attached hydrogen (secondary N) is 2. The topological polar surface area (TPSA) is 61.0 Å². The highest BCUT2D eigenvalue weighted by atomic mass is 32.2. The van der Waals surface area contributed by atoms with Gasteiger partial charge in [-0.1, -0.05) is 24.3 Å². The third-order valence-corrected chi connectivity index (χ3v) is 6.15. The summed E-state index contributed by atoms with van der Waals surface area (Å²) in [5.74, 6) is 0.142. The van der Waals surface area contributed by atoms with E-state index in [0.29, 0.717) is 0 Å². The number of anilines is 1. The fourth-order valence-electron chi connectivity index (χ4n) is 3.80. The number of aromatic amines is 1. The van der Waals surface area contributed by atoms with Crippen LogP contribution in [0.4, 0.5) is 5.69 Å². The lowest BCUT2D eigenvalue weighted by molar-refractivity contribution is -0.121. The second-order valence-corrected chi connectivity index (χ2v) is 8.34. The van der Waals surface area contributed by atoms with Gasteiger partial charge in [-0.25, -0.2) is 0 Å². The van der Waals surface area contributed by atoms with E-state index in [1.807, 2.05) is 30.3 Å². The Bertz CT molecular complexity index is 923. The zero-order valence-corrected chi connectivity index (χ0v) is 17.4. The van der Waals surface area contributed by atoms with Crippen LogP contribution in [0.3, 0.4) is 0 Å². The first-order valence-electron chi connectivity index (χ1n) is 9.97. The summed E-state index contributed by atoms with van der Waals surface area (Å²) in [6.45, 7) is 2.76. The van der Waals surface area contributed by atoms with Crippen molar-refractivity contribution in [3.8, 4) is 11.3 Å². The molecular weight excluding hydrogens is 380 g/mol. The van der Waals surface area contributed by atoms with Crippen LogP contribution in [0.1, 0.15) is 18.4 Å². The number of likely N-dealkylation sites (tertiary alicyclic amines) is 1. The highest BCUT2D eigenvalue weighted by Crippen LogP contribution is 2.23. The van der Waals surface area contributed by atoms with Crippen molar-refractivity contribution in [1.82, 2.24) is 15.1 Å². The van der Waals surface area contributed by atoms with Crippen LogP contribution in [0.5, 0.6) is 0 Å². The van der Waals surface area contributed by atoms with E-state index in [1.165, 1.54) is 10.5 Å². The van der Waals surface area contributed by atoms with Crippen LogP contribution in [0.25, 0.3) is 11.3 Å². The van der Waals surface area contributed by atoms with Gasteiger partial charge in [-0.2, -0.15) is 5.10 Å². The average Bonchev–Trinajstić information content (AvgIpc) is 3.30. The van der Waals surface area contributed by atoms with Crippen molar-refractivity contribution in [2.24, 2.45) is 5.92 Å². The molecule has 0 spiro atoms. The lowest BCUT2D eigenvalue weighted by Gasteiger charge is -2.32. The molecular formula is C23H26N4OS. The van der Waals surface area contributed by atoms with Crippen molar-refractivity contribution in [3.63, 3.8) is 0 Å². The Balaban J connectivity index is 1.33. The Labute approximate surface area is 175 Å². The maximum atomic E-state index is 12.8. The summed E-state index contributed by atoms with van der Waals surface area (Å²) in [6, 6.07) is 18.5. The van der Waals surface area contributed by atoms with E-state index in [2.05, 4.69) is 50.9 Å². The van der Waals surface area contributed by atoms with Gasteiger partial charge in [-0.15, -0.1) is 11.8 Å². The van der Waals surface area contributed by atoms with Gasteiger partial charge in [0.25, 0.3) is 0 Å². The van der Waals surface area contributed by atoms with Gasteiger partial charge >= 0.3 is 0 Å². The van der Waals surface area contributed by atoms with Crippen molar-refractivity contribution in [2.45, 2.75) is 24.3 Å². The van der Waals surface area contributed by atoms with Crippen LogP contribution in [-0.2, 0) is 11.3 Å². The monoisotopic (exact) mass is 406 g/mol. The maximum absolute atomic E-state index is 12.8. The summed E-state index contributed by atoms with van der Waals surface area (Å²) in [6.07, 6.45) is 5.82. The molecule has 0 radical (unpaired) electrons. The van der Waals surface area contributed by atoms with E-state index >= 15 is 0 Å². The molecule has 0 unspecified atom stereocenters. The Morgan fingerprint density at radius 1 is 1.17 bits per heavy atom. The van der Waals surface area contributed by atoms with Gasteiger partial charge in [0.1, 0.15) is 0 Å². The SMILES string of the molecule is CSc1ccc(CN2CCC[C@@H](C(=O)Nc3ccc(-c4ccn[nH]4)cc3)C2)cc1. The molecule has 1 atom stereocenters. The van der Waals surface area contributed by atoms with Gasteiger partial charge in [-0.3, -0.25) is 14.8 Å². The summed E-state index contributed by atoms with van der Waals surface area (Å²) in [5.41, 5.74) is 4.16. The normalized spacial score (nSPS) is 17.2. The summed E-state index contributed by atoms with van der Waals surface area (Å²) in [7, 11) is 0. The molecule has 0 saturated carbocycles. The molecule has 6 heteroatoms. The summed E-state index contributed by atoms with van der Waals surface area (Å²) < 4.78 is 0. The number of thioether (sulfide) groups is 1. The molecule has 5 nitrogen and oxygen atoms in total. The minimum Gasteiger partial charge on any atom is -0.326 e. The number of hydrogen-bond donors (Lipinski definition) is 2. The Morgan fingerprint density at radius 3 is 2.66 bits per heavy atom. The molecule has 1 aromatic heterocycles. The fourth-order valence-corrected chi connectivity index (χ4v) is 4.20. The molecule has 1 amide bonds. The summed E-state index contributed by atoms with van der Waals surface area (Å²) in [5, 5.41) is 10.0. The van der Waals surface area contributed by atoms with Crippen molar-refractivity contribution in [2.75, 3.05) is 24.7 Å². The highest BCUT2D eigenvalue weighted by molar-refractivity contribution is 7.98. The lowest BCUT2D eigenvalue weighted by atomic mass is 9.96. The van der Waals surface area contributed by atoms with Gasteiger partial charge in [-0.05, 0) is 67.1 Å². The third kappa shape index (κ3) is 5.08. The van der Waals surface area contributed by atoms with Crippen LogP contribution >= 0.6 is 11.8 Å². The quantitative estimate of drug-likeness (QED) is 0.585. The van der Waals surface area contributed by atoms with Crippen molar-refractivity contribution < 1.29 is 4.79 Å². The Hall–Kier alpha value is -2.57. The van der Waals surface area contributed by atoms with Crippen molar-refractivity contribution in [1.29, 1.82) is 0 Å². The number of amides is 1. The standard InChI is InChI=1S/C23H26N4OS/c1-29-21-10-4-17(5-11-21)15-27-14-2-3-19(16-27)23(28)25-20-8-6-18(7-9-20)22-12-13-24-26-22/h4-13,19H,2-3,14-16H2,1H3,(H,24,26)(H,25,28)/t19-/m1/s1. The molecule has 29 heavy (non-hydrogen) atoms. The third-order valence-electron chi connectivity index (χ3n) is 5.41. The second-order valence-electron chi connectivity index (χ2n) is 7.46. The minimum absolute atomic E-state index is 0.0292. The molecule has 1 fully saturated rings. The Morgan fingerprint density at radius 2 is 1.97 bits per heavy atom. The van der Waals surface area contributed by atoms with E-state index in [0.717, 1.165) is 49.4 Å². The number of nitrogens with zero attached hydrogens (tertiary/aromatic N) is 2. The predicted molar refractivity (Wildman–Crippen MR) is 119 cm³/mol. The summed E-state index contributed by atoms with van der Waals surface area (Å²) in [4.78, 5) is 16.5. The largest absolute Gasteiger partial charge is 0.326 e. The number of piperidine rings is 1. The van der Waals surface area contributed by atoms with Crippen LogP contribution < -0.4 is 5.32 Å². The van der Waals surface area contributed by atoms with Crippen LogP contribution in [-0.4, -0.2) is 40.3 Å². The van der Waals surface area contributed by atoms with E-state index in [-0.39, 0.29) is 11.8 Å². The van der Waals surface area contributed by atoms with Crippen molar-refractivity contribution >= 4 is 23.4 Å². The smallest absolute Gasteiger partial charge is 0.228 e. The first-order chi connectivity index (χ1) is 14.2. The van der Waals surface area contributed by atoms with E-state index in [1.54, 1.807) is 18.0 Å². The zero-order chi connectivity index (χ0) is 20.1. The molecule has 2 N–H and O–H groups in total. The first kappa shape index (κ1) is 19.7. The molecule has 1 aliphatic rings. The van der Waals surface area contributed by atoms with E-state index in [9.17, 15) is 4.79 Å². The molecule has 2 heterocycles. The van der Waals surface area contributed by atoms with Crippen molar-refractivity contribution in [3.05, 3.63) is 66.4 Å². The molecule has 1 aliphatic heterocycles. The number of H-pyrrole nitrogens is 1. The predicted octanol–water partition coefficient (Wildman–Crippen LogP) is 4.65. The average molecular weight is 407 g/mol. The fraction of sp³-hybridized carbons (Fsp3) is 0.304. The van der Waals surface area contributed by atoms with Gasteiger partial charge in [0.15, 0.2) is 0 Å². The van der Waals surface area contributed by atoms with Gasteiger partial charge in [0.05, 0.1) is 11.6 Å². The van der Waals surface area contributed by atoms with E-state index < -0.39 is 0 Å². The molecule has 0 aliphatic carbocycles. The second kappa shape index (κ2) is 9.29. The van der Waals surface area contributed by atoms with Crippen LogP contribution in [0.15, 0.2) is 65.7 Å². The van der Waals surface area contributed by atoms with Gasteiger partial charge < -0.3 is 5.32 Å². The van der Waals surface area contributed by atoms with E-state index in [4.69, 9.17) is 0 Å². The number of benzene rings is 2.